The molecule has 14 heteroatoms. The van der Waals surface area contributed by atoms with Crippen LogP contribution in [0.25, 0.3) is 0 Å². The SMILES string of the molecule is C=CC(=O)OC1(C(F)(F)F)OC(C)(C(F)(F)F)C(F)(F)C(O)C1(F)F. The van der Waals surface area contributed by atoms with Gasteiger partial charge in [0, 0.05) is 6.08 Å². The summed E-state index contributed by atoms with van der Waals surface area (Å²) < 4.78 is 139. The van der Waals surface area contributed by atoms with Gasteiger partial charge in [-0.1, -0.05) is 6.58 Å². The summed E-state index contributed by atoms with van der Waals surface area (Å²) >= 11 is 0. The van der Waals surface area contributed by atoms with Gasteiger partial charge in [-0.2, -0.15) is 43.9 Å². The fourth-order valence-electron chi connectivity index (χ4n) is 1.92. The zero-order valence-corrected chi connectivity index (χ0v) is 11.8. The van der Waals surface area contributed by atoms with Gasteiger partial charge in [0.05, 0.1) is 0 Å². The topological polar surface area (TPSA) is 55.8 Å². The van der Waals surface area contributed by atoms with E-state index in [2.05, 4.69) is 16.1 Å². The van der Waals surface area contributed by atoms with Crippen molar-refractivity contribution in [2.45, 2.75) is 48.6 Å². The molecular formula is C11H8F10O4. The molecule has 146 valence electrons. The molecule has 1 saturated heterocycles. The number of carbonyl (C=O) groups is 1. The standard InChI is InChI=1S/C11H8F10O4/c1-3-4(22)24-9(11(19,20)21)8(14,15)5(23)7(12,13)6(2,25-9)10(16,17)18/h3,5,23H,1H2,2H3. The number of hydrogen-bond donors (Lipinski definition) is 1. The molecule has 3 unspecified atom stereocenters. The van der Waals surface area contributed by atoms with Crippen LogP contribution in [-0.2, 0) is 14.3 Å². The summed E-state index contributed by atoms with van der Waals surface area (Å²) in [6.45, 7) is 1.84. The summed E-state index contributed by atoms with van der Waals surface area (Å²) in [5.74, 6) is -20.4. The van der Waals surface area contributed by atoms with Crippen molar-refractivity contribution in [2.24, 2.45) is 0 Å². The molecule has 0 aliphatic carbocycles. The lowest BCUT2D eigenvalue weighted by atomic mass is 9.81. The van der Waals surface area contributed by atoms with Crippen LogP contribution in [0, 0.1) is 0 Å². The zero-order chi connectivity index (χ0) is 20.3. The Kier molecular flexibility index (Phi) is 4.69. The third kappa shape index (κ3) is 2.65. The molecule has 1 N–H and O–H groups in total. The molecule has 0 aromatic heterocycles. The lowest BCUT2D eigenvalue weighted by Crippen LogP contribution is -2.82. The Morgan fingerprint density at radius 2 is 1.52 bits per heavy atom. The van der Waals surface area contributed by atoms with Gasteiger partial charge in [0.25, 0.3) is 0 Å². The molecule has 1 fully saturated rings. The summed E-state index contributed by atoms with van der Waals surface area (Å²) in [4.78, 5) is 10.9. The second-order valence-corrected chi connectivity index (χ2v) is 5.02. The van der Waals surface area contributed by atoms with Crippen molar-refractivity contribution in [1.29, 1.82) is 0 Å². The third-order valence-corrected chi connectivity index (χ3v) is 3.43. The summed E-state index contributed by atoms with van der Waals surface area (Å²) in [6.07, 6.45) is -18.1. The van der Waals surface area contributed by atoms with Crippen molar-refractivity contribution in [1.82, 2.24) is 0 Å². The number of hydrogen-bond acceptors (Lipinski definition) is 4. The molecule has 1 aliphatic rings. The maximum atomic E-state index is 13.9. The molecule has 0 aromatic rings. The number of halogens is 10. The van der Waals surface area contributed by atoms with Gasteiger partial charge in [-0.15, -0.1) is 0 Å². The lowest BCUT2D eigenvalue weighted by Gasteiger charge is -2.54. The molecule has 1 rings (SSSR count). The van der Waals surface area contributed by atoms with Crippen molar-refractivity contribution in [2.75, 3.05) is 0 Å². The van der Waals surface area contributed by atoms with E-state index in [1.807, 2.05) is 0 Å². The average Bonchev–Trinajstić information content (AvgIpc) is 2.40. The van der Waals surface area contributed by atoms with Crippen LogP contribution >= 0.6 is 0 Å². The fourth-order valence-corrected chi connectivity index (χ4v) is 1.92. The van der Waals surface area contributed by atoms with Crippen LogP contribution in [0.2, 0.25) is 0 Å². The highest BCUT2D eigenvalue weighted by atomic mass is 19.4. The third-order valence-electron chi connectivity index (χ3n) is 3.43. The van der Waals surface area contributed by atoms with Crippen molar-refractivity contribution in [3.8, 4) is 0 Å². The largest absolute Gasteiger partial charge is 0.462 e. The first-order valence-electron chi connectivity index (χ1n) is 5.94. The highest BCUT2D eigenvalue weighted by Gasteiger charge is 2.91. The minimum Gasteiger partial charge on any atom is -0.415 e. The van der Waals surface area contributed by atoms with Gasteiger partial charge in [-0.05, 0) is 6.92 Å². The van der Waals surface area contributed by atoms with E-state index in [0.29, 0.717) is 0 Å². The van der Waals surface area contributed by atoms with Crippen LogP contribution in [0.4, 0.5) is 43.9 Å². The number of alkyl halides is 10. The minimum absolute atomic E-state index is 0.156. The van der Waals surface area contributed by atoms with Crippen molar-refractivity contribution < 1.29 is 63.3 Å². The van der Waals surface area contributed by atoms with E-state index < -0.39 is 54.6 Å². The van der Waals surface area contributed by atoms with Gasteiger partial charge < -0.3 is 14.6 Å². The highest BCUT2D eigenvalue weighted by molar-refractivity contribution is 5.81. The Bertz CT molecular complexity index is 568. The van der Waals surface area contributed by atoms with E-state index in [1.54, 1.807) is 0 Å². The van der Waals surface area contributed by atoms with Crippen LogP contribution in [0.5, 0.6) is 0 Å². The summed E-state index contributed by atoms with van der Waals surface area (Å²) in [5.41, 5.74) is -5.28. The average molecular weight is 394 g/mol. The van der Waals surface area contributed by atoms with Crippen molar-refractivity contribution >= 4 is 5.97 Å². The Balaban J connectivity index is 3.82. The van der Waals surface area contributed by atoms with E-state index in [0.717, 1.165) is 0 Å². The number of aliphatic hydroxyl groups is 1. The Morgan fingerprint density at radius 3 is 1.84 bits per heavy atom. The van der Waals surface area contributed by atoms with E-state index in [9.17, 15) is 48.7 Å². The van der Waals surface area contributed by atoms with Gasteiger partial charge in [-0.25, -0.2) is 4.79 Å². The smallest absolute Gasteiger partial charge is 0.415 e. The van der Waals surface area contributed by atoms with Crippen molar-refractivity contribution in [3.05, 3.63) is 12.7 Å². The van der Waals surface area contributed by atoms with Gasteiger partial charge >= 0.3 is 36.0 Å². The predicted octanol–water partition coefficient (Wildman–Crippen LogP) is 2.96. The maximum absolute atomic E-state index is 13.9. The van der Waals surface area contributed by atoms with Crippen LogP contribution in [0.1, 0.15) is 6.92 Å². The molecule has 1 heterocycles. The van der Waals surface area contributed by atoms with E-state index in [4.69, 9.17) is 5.11 Å². The van der Waals surface area contributed by atoms with E-state index >= 15 is 0 Å². The molecule has 3 atom stereocenters. The second-order valence-electron chi connectivity index (χ2n) is 5.02. The van der Waals surface area contributed by atoms with Crippen LogP contribution in [0.3, 0.4) is 0 Å². The summed E-state index contributed by atoms with van der Waals surface area (Å²) in [7, 11) is 0. The molecule has 0 amide bonds. The van der Waals surface area contributed by atoms with Crippen LogP contribution in [-0.4, -0.2) is 52.8 Å². The van der Waals surface area contributed by atoms with Gasteiger partial charge in [0.15, 0.2) is 6.10 Å². The number of rotatable bonds is 2. The monoisotopic (exact) mass is 394 g/mol. The quantitative estimate of drug-likeness (QED) is 0.445. The number of carbonyl (C=O) groups excluding carboxylic acids is 1. The van der Waals surface area contributed by atoms with Gasteiger partial charge in [-0.3, -0.25) is 0 Å². The summed E-state index contributed by atoms with van der Waals surface area (Å²) in [6, 6.07) is 0. The van der Waals surface area contributed by atoms with E-state index in [1.165, 1.54) is 0 Å². The molecule has 0 saturated carbocycles. The predicted molar refractivity (Wildman–Crippen MR) is 56.5 cm³/mol. The first-order chi connectivity index (χ1) is 10.8. The molecule has 0 bridgehead atoms. The maximum Gasteiger partial charge on any atom is 0.462 e. The minimum atomic E-state index is -6.65. The number of esters is 1. The van der Waals surface area contributed by atoms with Gasteiger partial charge in [0.1, 0.15) is 0 Å². The fraction of sp³-hybridized carbons (Fsp3) is 0.727. The molecule has 1 aliphatic heterocycles. The molecule has 25 heavy (non-hydrogen) atoms. The molecule has 0 spiro atoms. The lowest BCUT2D eigenvalue weighted by molar-refractivity contribution is -0.535. The van der Waals surface area contributed by atoms with Gasteiger partial charge in [0.2, 0.25) is 5.60 Å². The normalized spacial score (nSPS) is 35.1. The Hall–Kier alpha value is -1.57. The molecule has 4 nitrogen and oxygen atoms in total. The first kappa shape index (κ1) is 21.5. The summed E-state index contributed by atoms with van der Waals surface area (Å²) in [5, 5.41) is 8.95. The first-order valence-corrected chi connectivity index (χ1v) is 5.94. The number of aliphatic hydroxyl groups excluding tert-OH is 1. The highest BCUT2D eigenvalue weighted by Crippen LogP contribution is 2.62. The van der Waals surface area contributed by atoms with Crippen molar-refractivity contribution in [3.63, 3.8) is 0 Å². The zero-order valence-electron chi connectivity index (χ0n) is 11.8. The van der Waals surface area contributed by atoms with E-state index in [-0.39, 0.29) is 6.08 Å². The second kappa shape index (κ2) is 5.46. The Morgan fingerprint density at radius 1 is 1.08 bits per heavy atom. The number of ether oxygens (including phenoxy) is 2. The molecule has 0 radical (unpaired) electrons. The molecule has 0 aromatic carbocycles. The van der Waals surface area contributed by atoms with Crippen LogP contribution < -0.4 is 0 Å². The molecular weight excluding hydrogens is 386 g/mol. The Labute approximate surface area is 132 Å². The van der Waals surface area contributed by atoms with Crippen LogP contribution in [0.15, 0.2) is 12.7 Å².